The number of nitrogens with zero attached hydrogens (tertiary/aromatic N) is 4. The van der Waals surface area contributed by atoms with Crippen LogP contribution in [0.1, 0.15) is 12.5 Å². The van der Waals surface area contributed by atoms with Gasteiger partial charge in [0.05, 0.1) is 5.69 Å². The summed E-state index contributed by atoms with van der Waals surface area (Å²) in [5.74, 6) is 0.579. The Morgan fingerprint density at radius 1 is 1.00 bits per heavy atom. The van der Waals surface area contributed by atoms with Crippen molar-refractivity contribution in [1.29, 1.82) is 0 Å². The van der Waals surface area contributed by atoms with Crippen molar-refractivity contribution in [2.75, 3.05) is 0 Å². The van der Waals surface area contributed by atoms with E-state index in [-0.39, 0.29) is 0 Å². The van der Waals surface area contributed by atoms with Gasteiger partial charge >= 0.3 is 5.69 Å². The van der Waals surface area contributed by atoms with Gasteiger partial charge < -0.3 is 0 Å². The minimum absolute atomic E-state index is 0.350. The van der Waals surface area contributed by atoms with Gasteiger partial charge in [0.25, 0.3) is 5.56 Å². The van der Waals surface area contributed by atoms with Gasteiger partial charge in [-0.1, -0.05) is 49.4 Å². The van der Waals surface area contributed by atoms with E-state index in [0.29, 0.717) is 16.9 Å². The maximum Gasteiger partial charge on any atom is 0.329 e. The predicted octanol–water partition coefficient (Wildman–Crippen LogP) is 2.89. The summed E-state index contributed by atoms with van der Waals surface area (Å²) in [6.45, 7) is 2.12. The van der Waals surface area contributed by atoms with Gasteiger partial charge in [-0.2, -0.15) is 4.98 Å². The number of H-pyrrole nitrogens is 1. The average Bonchev–Trinajstić information content (AvgIpc) is 3.29. The van der Waals surface area contributed by atoms with Gasteiger partial charge in [0, 0.05) is 24.5 Å². The van der Waals surface area contributed by atoms with E-state index in [2.05, 4.69) is 29.0 Å². The standard InChI is InChI=1S/C22H19N5O2/c1-3-14-9-11-16(12-10-14)27-17(15-7-5-4-6-8-15)13-26-18-19(23-21(26)27)25(2)22(29)24-20(18)28/h4-13H,3H2,1-2H3,(H,24,28,29). The quantitative estimate of drug-likeness (QED) is 0.519. The number of hydrogen-bond donors (Lipinski definition) is 1. The van der Waals surface area contributed by atoms with Crippen molar-refractivity contribution in [3.63, 3.8) is 0 Å². The molecule has 7 nitrogen and oxygen atoms in total. The lowest BCUT2D eigenvalue weighted by Gasteiger charge is -2.10. The summed E-state index contributed by atoms with van der Waals surface area (Å²) in [6.07, 6.45) is 2.85. The topological polar surface area (TPSA) is 77.1 Å². The summed E-state index contributed by atoms with van der Waals surface area (Å²) in [4.78, 5) is 31.6. The van der Waals surface area contributed by atoms with Crippen LogP contribution in [0.25, 0.3) is 33.9 Å². The Kier molecular flexibility index (Phi) is 3.77. The van der Waals surface area contributed by atoms with Gasteiger partial charge in [-0.25, -0.2) is 4.79 Å². The molecule has 0 saturated heterocycles. The molecule has 0 aliphatic heterocycles. The fraction of sp³-hybridized carbons (Fsp3) is 0.136. The third-order valence-corrected chi connectivity index (χ3v) is 5.30. The molecule has 5 aromatic rings. The van der Waals surface area contributed by atoms with Crippen LogP contribution in [-0.4, -0.2) is 23.5 Å². The summed E-state index contributed by atoms with van der Waals surface area (Å²) >= 11 is 0. The minimum Gasteiger partial charge on any atom is -0.279 e. The van der Waals surface area contributed by atoms with Crippen LogP contribution in [0.5, 0.6) is 0 Å². The van der Waals surface area contributed by atoms with E-state index in [0.717, 1.165) is 23.4 Å². The van der Waals surface area contributed by atoms with Crippen LogP contribution in [0.15, 0.2) is 70.4 Å². The number of rotatable bonds is 3. The molecule has 5 rings (SSSR count). The number of fused-ring (bicyclic) bond motifs is 3. The first kappa shape index (κ1) is 17.2. The van der Waals surface area contributed by atoms with E-state index < -0.39 is 11.2 Å². The van der Waals surface area contributed by atoms with Crippen LogP contribution in [-0.2, 0) is 13.5 Å². The smallest absolute Gasteiger partial charge is 0.279 e. The third-order valence-electron chi connectivity index (χ3n) is 5.30. The van der Waals surface area contributed by atoms with Crippen LogP contribution in [0.2, 0.25) is 0 Å². The summed E-state index contributed by atoms with van der Waals surface area (Å²) in [5, 5.41) is 0. The molecule has 7 heteroatoms. The number of nitrogens with one attached hydrogen (secondary N) is 1. The molecule has 144 valence electrons. The summed E-state index contributed by atoms with van der Waals surface area (Å²) < 4.78 is 5.12. The van der Waals surface area contributed by atoms with Crippen LogP contribution >= 0.6 is 0 Å². The second-order valence-corrected chi connectivity index (χ2v) is 7.01. The second kappa shape index (κ2) is 6.34. The normalized spacial score (nSPS) is 11.5. The number of aromatic amines is 1. The highest BCUT2D eigenvalue weighted by molar-refractivity contribution is 5.79. The van der Waals surface area contributed by atoms with Gasteiger partial charge in [0.2, 0.25) is 5.78 Å². The molecule has 0 radical (unpaired) electrons. The zero-order chi connectivity index (χ0) is 20.1. The largest absolute Gasteiger partial charge is 0.329 e. The lowest BCUT2D eigenvalue weighted by molar-refractivity contribution is 0.831. The summed E-state index contributed by atoms with van der Waals surface area (Å²) in [5.41, 5.74) is 3.87. The van der Waals surface area contributed by atoms with Gasteiger partial charge in [-0.15, -0.1) is 0 Å². The predicted molar refractivity (Wildman–Crippen MR) is 113 cm³/mol. The molecular formula is C22H19N5O2. The van der Waals surface area contributed by atoms with Gasteiger partial charge in [-0.05, 0) is 24.1 Å². The molecule has 1 N–H and O–H groups in total. The van der Waals surface area contributed by atoms with Crippen molar-refractivity contribution in [2.45, 2.75) is 13.3 Å². The first-order valence-electron chi connectivity index (χ1n) is 9.46. The van der Waals surface area contributed by atoms with Crippen molar-refractivity contribution in [1.82, 2.24) is 23.5 Å². The van der Waals surface area contributed by atoms with E-state index >= 15 is 0 Å². The monoisotopic (exact) mass is 385 g/mol. The second-order valence-electron chi connectivity index (χ2n) is 7.01. The fourth-order valence-corrected chi connectivity index (χ4v) is 3.71. The number of aryl methyl sites for hydroxylation is 2. The highest BCUT2D eigenvalue weighted by Crippen LogP contribution is 2.28. The summed E-state index contributed by atoms with van der Waals surface area (Å²) in [7, 11) is 1.60. The Balaban J connectivity index is 1.92. The van der Waals surface area contributed by atoms with Crippen molar-refractivity contribution in [3.05, 3.63) is 87.2 Å². The van der Waals surface area contributed by atoms with Gasteiger partial charge in [0.15, 0.2) is 11.2 Å². The molecule has 0 bridgehead atoms. The molecule has 0 fully saturated rings. The lowest BCUT2D eigenvalue weighted by Crippen LogP contribution is -2.28. The molecule has 29 heavy (non-hydrogen) atoms. The Labute approximate surface area is 165 Å². The molecule has 0 amide bonds. The van der Waals surface area contributed by atoms with Gasteiger partial charge in [0.1, 0.15) is 0 Å². The molecule has 0 aliphatic rings. The number of benzene rings is 2. The van der Waals surface area contributed by atoms with Crippen LogP contribution in [0.4, 0.5) is 0 Å². The Morgan fingerprint density at radius 3 is 2.41 bits per heavy atom. The highest BCUT2D eigenvalue weighted by Gasteiger charge is 2.20. The van der Waals surface area contributed by atoms with E-state index in [1.807, 2.05) is 53.2 Å². The molecule has 0 unspecified atom stereocenters. The van der Waals surface area contributed by atoms with Crippen molar-refractivity contribution in [2.24, 2.45) is 7.05 Å². The molecular weight excluding hydrogens is 366 g/mol. The van der Waals surface area contributed by atoms with Crippen LogP contribution < -0.4 is 11.2 Å². The van der Waals surface area contributed by atoms with Gasteiger partial charge in [-0.3, -0.25) is 23.3 Å². The maximum atomic E-state index is 12.6. The SMILES string of the molecule is CCc1ccc(-n2c(-c3ccccc3)cn3c4c(=O)[nH]c(=O)n(C)c4nc23)cc1. The number of hydrogen-bond acceptors (Lipinski definition) is 3. The third kappa shape index (κ3) is 2.55. The van der Waals surface area contributed by atoms with E-state index in [1.54, 1.807) is 11.4 Å². The van der Waals surface area contributed by atoms with Crippen LogP contribution in [0, 0.1) is 0 Å². The molecule has 3 aromatic heterocycles. The first-order valence-corrected chi connectivity index (χ1v) is 9.46. The fourth-order valence-electron chi connectivity index (χ4n) is 3.71. The minimum atomic E-state index is -0.481. The van der Waals surface area contributed by atoms with Crippen molar-refractivity contribution >= 4 is 16.9 Å². The molecule has 2 aromatic carbocycles. The van der Waals surface area contributed by atoms with Crippen LogP contribution in [0.3, 0.4) is 0 Å². The molecule has 0 spiro atoms. The molecule has 3 heterocycles. The zero-order valence-electron chi connectivity index (χ0n) is 16.1. The van der Waals surface area contributed by atoms with E-state index in [9.17, 15) is 9.59 Å². The Bertz CT molecular complexity index is 1470. The molecule has 0 aliphatic carbocycles. The molecule has 0 saturated carbocycles. The first-order chi connectivity index (χ1) is 14.1. The Hall–Kier alpha value is -3.87. The number of imidazole rings is 2. The maximum absolute atomic E-state index is 12.6. The van der Waals surface area contributed by atoms with E-state index in [4.69, 9.17) is 0 Å². The highest BCUT2D eigenvalue weighted by atomic mass is 16.2. The average molecular weight is 385 g/mol. The van der Waals surface area contributed by atoms with E-state index in [1.165, 1.54) is 10.1 Å². The lowest BCUT2D eigenvalue weighted by atomic mass is 10.1. The Morgan fingerprint density at radius 2 is 1.72 bits per heavy atom. The number of aromatic nitrogens is 5. The summed E-state index contributed by atoms with van der Waals surface area (Å²) in [6, 6.07) is 18.2. The van der Waals surface area contributed by atoms with Crippen molar-refractivity contribution < 1.29 is 0 Å². The van der Waals surface area contributed by atoms with Crippen molar-refractivity contribution in [3.8, 4) is 16.9 Å². The molecule has 0 atom stereocenters. The zero-order valence-corrected chi connectivity index (χ0v) is 16.1.